The molecule has 1 aliphatic rings. The molecule has 20 heavy (non-hydrogen) atoms. The van der Waals surface area contributed by atoms with Crippen LogP contribution >= 0.6 is 0 Å². The Bertz CT molecular complexity index is 442. The Hall–Kier alpha value is -1.13. The number of anilines is 1. The summed E-state index contributed by atoms with van der Waals surface area (Å²) in [5.74, 6) is 0.375. The molecule has 0 saturated carbocycles. The van der Waals surface area contributed by atoms with E-state index in [0.717, 1.165) is 25.3 Å². The number of aliphatic hydroxyl groups is 1. The van der Waals surface area contributed by atoms with E-state index in [-0.39, 0.29) is 5.82 Å². The van der Waals surface area contributed by atoms with Crippen LogP contribution < -0.4 is 4.90 Å². The van der Waals surface area contributed by atoms with Gasteiger partial charge in [0.05, 0.1) is 6.10 Å². The van der Waals surface area contributed by atoms with Gasteiger partial charge in [-0.05, 0) is 64.0 Å². The first-order valence-corrected chi connectivity index (χ1v) is 7.34. The van der Waals surface area contributed by atoms with Gasteiger partial charge in [0, 0.05) is 24.8 Å². The summed E-state index contributed by atoms with van der Waals surface area (Å²) in [6.45, 7) is 4.93. The van der Waals surface area contributed by atoms with E-state index in [9.17, 15) is 9.50 Å². The molecule has 112 valence electrons. The maximum atomic E-state index is 13.3. The summed E-state index contributed by atoms with van der Waals surface area (Å²) >= 11 is 0. The van der Waals surface area contributed by atoms with E-state index >= 15 is 0 Å². The summed E-state index contributed by atoms with van der Waals surface area (Å²) in [5, 5.41) is 9.82. The molecule has 0 radical (unpaired) electrons. The predicted molar refractivity (Wildman–Crippen MR) is 80.5 cm³/mol. The zero-order valence-corrected chi connectivity index (χ0v) is 12.6. The fourth-order valence-corrected chi connectivity index (χ4v) is 2.94. The molecule has 0 aliphatic carbocycles. The van der Waals surface area contributed by atoms with Crippen molar-refractivity contribution in [3.8, 4) is 0 Å². The minimum Gasteiger partial charge on any atom is -0.389 e. The van der Waals surface area contributed by atoms with Crippen molar-refractivity contribution < 1.29 is 9.50 Å². The van der Waals surface area contributed by atoms with E-state index in [1.807, 2.05) is 7.05 Å². The van der Waals surface area contributed by atoms with Crippen LogP contribution in [0.1, 0.15) is 31.4 Å². The molecule has 0 bridgehead atoms. The van der Waals surface area contributed by atoms with Crippen molar-refractivity contribution in [1.82, 2.24) is 4.90 Å². The molecule has 1 fully saturated rings. The number of rotatable bonds is 4. The molecule has 1 aliphatic heterocycles. The maximum Gasteiger partial charge on any atom is 0.123 e. The average Bonchev–Trinajstić information content (AvgIpc) is 2.41. The number of piperidine rings is 1. The second kappa shape index (κ2) is 6.55. The third-order valence-corrected chi connectivity index (χ3v) is 4.22. The number of halogens is 1. The smallest absolute Gasteiger partial charge is 0.123 e. The first-order chi connectivity index (χ1) is 9.47. The molecular weight excluding hydrogens is 255 g/mol. The molecular formula is C16H25FN2O. The molecule has 1 saturated heterocycles. The summed E-state index contributed by atoms with van der Waals surface area (Å²) in [6.07, 6.45) is 1.75. The molecule has 0 spiro atoms. The van der Waals surface area contributed by atoms with Crippen molar-refractivity contribution in [2.45, 2.75) is 25.9 Å². The number of likely N-dealkylation sites (tertiary alicyclic amines) is 1. The molecule has 0 aromatic heterocycles. The molecule has 2 rings (SSSR count). The zero-order valence-electron chi connectivity index (χ0n) is 12.6. The fourth-order valence-electron chi connectivity index (χ4n) is 2.94. The van der Waals surface area contributed by atoms with Gasteiger partial charge >= 0.3 is 0 Å². The fraction of sp³-hybridized carbons (Fsp3) is 0.625. The van der Waals surface area contributed by atoms with Crippen LogP contribution in [-0.4, -0.2) is 43.7 Å². The van der Waals surface area contributed by atoms with Gasteiger partial charge in [0.15, 0.2) is 0 Å². The molecule has 1 aromatic carbocycles. The lowest BCUT2D eigenvalue weighted by Gasteiger charge is -2.33. The topological polar surface area (TPSA) is 26.7 Å². The summed E-state index contributed by atoms with van der Waals surface area (Å²) in [6, 6.07) is 4.67. The van der Waals surface area contributed by atoms with Crippen LogP contribution in [0.4, 0.5) is 10.1 Å². The highest BCUT2D eigenvalue weighted by Gasteiger charge is 2.20. The molecule has 1 N–H and O–H groups in total. The molecule has 1 heterocycles. The van der Waals surface area contributed by atoms with E-state index in [0.29, 0.717) is 11.5 Å². The second-order valence-electron chi connectivity index (χ2n) is 6.01. The lowest BCUT2D eigenvalue weighted by molar-refractivity contribution is 0.198. The van der Waals surface area contributed by atoms with E-state index in [1.165, 1.54) is 25.0 Å². The van der Waals surface area contributed by atoms with Crippen molar-refractivity contribution in [3.05, 3.63) is 29.6 Å². The van der Waals surface area contributed by atoms with Gasteiger partial charge in [-0.3, -0.25) is 0 Å². The van der Waals surface area contributed by atoms with Gasteiger partial charge in [-0.2, -0.15) is 0 Å². The average molecular weight is 280 g/mol. The SMILES string of the molecule is C[C@@H](O)c1cc(F)ccc1N(C)CC1CCN(C)CC1. The lowest BCUT2D eigenvalue weighted by Crippen LogP contribution is -2.36. The summed E-state index contributed by atoms with van der Waals surface area (Å²) < 4.78 is 13.3. The standard InChI is InChI=1S/C16H25FN2O/c1-12(20)15-10-14(17)4-5-16(15)19(3)11-13-6-8-18(2)9-7-13/h4-5,10,12-13,20H,6-9,11H2,1-3H3/t12-/m1/s1. The molecule has 3 nitrogen and oxygen atoms in total. The van der Waals surface area contributed by atoms with Crippen molar-refractivity contribution >= 4 is 5.69 Å². The van der Waals surface area contributed by atoms with Gasteiger partial charge in [0.2, 0.25) is 0 Å². The van der Waals surface area contributed by atoms with E-state index in [4.69, 9.17) is 0 Å². The third kappa shape index (κ3) is 3.70. The Labute approximate surface area is 121 Å². The number of hydrogen-bond donors (Lipinski definition) is 1. The summed E-state index contributed by atoms with van der Waals surface area (Å²) in [7, 11) is 4.18. The number of aliphatic hydroxyl groups excluding tert-OH is 1. The van der Waals surface area contributed by atoms with Crippen molar-refractivity contribution in [1.29, 1.82) is 0 Å². The van der Waals surface area contributed by atoms with Crippen LogP contribution in [0.2, 0.25) is 0 Å². The van der Waals surface area contributed by atoms with E-state index in [1.54, 1.807) is 13.0 Å². The van der Waals surface area contributed by atoms with Gasteiger partial charge in [-0.1, -0.05) is 0 Å². The number of nitrogens with zero attached hydrogens (tertiary/aromatic N) is 2. The Morgan fingerprint density at radius 1 is 1.40 bits per heavy atom. The molecule has 1 atom stereocenters. The largest absolute Gasteiger partial charge is 0.389 e. The Balaban J connectivity index is 2.07. The highest BCUT2D eigenvalue weighted by molar-refractivity contribution is 5.54. The Kier molecular flexibility index (Phi) is 5.00. The summed E-state index contributed by atoms with van der Waals surface area (Å²) in [5.41, 5.74) is 1.60. The van der Waals surface area contributed by atoms with Gasteiger partial charge in [-0.15, -0.1) is 0 Å². The highest BCUT2D eigenvalue weighted by Crippen LogP contribution is 2.28. The zero-order chi connectivity index (χ0) is 14.7. The van der Waals surface area contributed by atoms with Gasteiger partial charge < -0.3 is 14.9 Å². The molecule has 1 aromatic rings. The first-order valence-electron chi connectivity index (χ1n) is 7.34. The minimum atomic E-state index is -0.652. The Morgan fingerprint density at radius 3 is 2.65 bits per heavy atom. The van der Waals surface area contributed by atoms with Crippen LogP contribution in [0.25, 0.3) is 0 Å². The molecule has 4 heteroatoms. The normalized spacial score (nSPS) is 19.1. The van der Waals surface area contributed by atoms with Crippen LogP contribution in [-0.2, 0) is 0 Å². The number of benzene rings is 1. The third-order valence-electron chi connectivity index (χ3n) is 4.22. The van der Waals surface area contributed by atoms with Crippen molar-refractivity contribution in [2.75, 3.05) is 38.6 Å². The van der Waals surface area contributed by atoms with Crippen LogP contribution in [0.5, 0.6) is 0 Å². The maximum absolute atomic E-state index is 13.3. The van der Waals surface area contributed by atoms with Crippen molar-refractivity contribution in [3.63, 3.8) is 0 Å². The van der Waals surface area contributed by atoms with Crippen LogP contribution in [0, 0.1) is 11.7 Å². The van der Waals surface area contributed by atoms with E-state index in [2.05, 4.69) is 16.8 Å². The molecule has 0 amide bonds. The monoisotopic (exact) mass is 280 g/mol. The van der Waals surface area contributed by atoms with Crippen LogP contribution in [0.3, 0.4) is 0 Å². The number of hydrogen-bond acceptors (Lipinski definition) is 3. The highest BCUT2D eigenvalue weighted by atomic mass is 19.1. The van der Waals surface area contributed by atoms with E-state index < -0.39 is 6.10 Å². The van der Waals surface area contributed by atoms with Crippen molar-refractivity contribution in [2.24, 2.45) is 5.92 Å². The van der Waals surface area contributed by atoms with Gasteiger partial charge in [-0.25, -0.2) is 4.39 Å². The second-order valence-corrected chi connectivity index (χ2v) is 6.01. The lowest BCUT2D eigenvalue weighted by atomic mass is 9.96. The molecule has 0 unspecified atom stereocenters. The van der Waals surface area contributed by atoms with Gasteiger partial charge in [0.1, 0.15) is 5.82 Å². The predicted octanol–water partition coefficient (Wildman–Crippen LogP) is 2.66. The quantitative estimate of drug-likeness (QED) is 0.918. The summed E-state index contributed by atoms with van der Waals surface area (Å²) in [4.78, 5) is 4.51. The first kappa shape index (κ1) is 15.3. The van der Waals surface area contributed by atoms with Crippen LogP contribution in [0.15, 0.2) is 18.2 Å². The minimum absolute atomic E-state index is 0.294. The van der Waals surface area contributed by atoms with Gasteiger partial charge in [0.25, 0.3) is 0 Å². The Morgan fingerprint density at radius 2 is 2.05 bits per heavy atom.